The lowest BCUT2D eigenvalue weighted by atomic mass is 10.3. The first-order valence-corrected chi connectivity index (χ1v) is 8.29. The molecule has 122 valence electrons. The maximum absolute atomic E-state index is 13.4. The van der Waals surface area contributed by atoms with Gasteiger partial charge in [0.1, 0.15) is 11.6 Å². The van der Waals surface area contributed by atoms with Crippen molar-refractivity contribution in [1.29, 1.82) is 0 Å². The number of carbonyl (C=O) groups is 2. The largest absolute Gasteiger partial charge is 0.323 e. The Morgan fingerprint density at radius 3 is 2.70 bits per heavy atom. The van der Waals surface area contributed by atoms with Crippen LogP contribution in [0.2, 0.25) is 0 Å². The highest BCUT2D eigenvalue weighted by atomic mass is 32.2. The monoisotopic (exact) mass is 358 g/mol. The molecule has 0 saturated carbocycles. The number of aromatic nitrogens is 2. The Balaban J connectivity index is 1.85. The van der Waals surface area contributed by atoms with Gasteiger partial charge in [-0.2, -0.15) is 0 Å². The first kappa shape index (κ1) is 17.3. The van der Waals surface area contributed by atoms with Crippen LogP contribution in [0.1, 0.15) is 13.3 Å². The van der Waals surface area contributed by atoms with Gasteiger partial charge in [0.15, 0.2) is 4.34 Å². The number of hydrogen-bond acceptors (Lipinski definition) is 6. The molecule has 0 aliphatic heterocycles. The molecule has 0 fully saturated rings. The Bertz CT molecular complexity index is 724. The summed E-state index contributed by atoms with van der Waals surface area (Å²) in [7, 11) is 0. The number of anilines is 2. The van der Waals surface area contributed by atoms with E-state index in [0.717, 1.165) is 35.2 Å². The number of nitrogens with zero attached hydrogens (tertiary/aromatic N) is 2. The molecule has 1 aromatic heterocycles. The molecule has 0 radical (unpaired) electrons. The average molecular weight is 358 g/mol. The van der Waals surface area contributed by atoms with Crippen molar-refractivity contribution < 1.29 is 18.4 Å². The third kappa shape index (κ3) is 5.25. The number of hydrogen-bond donors (Lipinski definition) is 2. The first-order valence-electron chi connectivity index (χ1n) is 6.49. The summed E-state index contributed by atoms with van der Waals surface area (Å²) in [6.45, 7) is 1.71. The fraction of sp³-hybridized carbons (Fsp3) is 0.231. The Hall–Kier alpha value is -2.07. The van der Waals surface area contributed by atoms with Gasteiger partial charge in [-0.15, -0.1) is 10.2 Å². The lowest BCUT2D eigenvalue weighted by molar-refractivity contribution is -0.116. The minimum Gasteiger partial charge on any atom is -0.323 e. The molecule has 0 bridgehead atoms. The van der Waals surface area contributed by atoms with Gasteiger partial charge in [0.05, 0.1) is 11.4 Å². The van der Waals surface area contributed by atoms with Crippen molar-refractivity contribution in [2.75, 3.05) is 16.4 Å². The lowest BCUT2D eigenvalue weighted by Gasteiger charge is -2.05. The first-order chi connectivity index (χ1) is 11.0. The van der Waals surface area contributed by atoms with Crippen LogP contribution in [0.5, 0.6) is 0 Å². The third-order valence-electron chi connectivity index (χ3n) is 2.51. The van der Waals surface area contributed by atoms with E-state index in [2.05, 4.69) is 20.8 Å². The number of amides is 2. The maximum Gasteiger partial charge on any atom is 0.234 e. The highest BCUT2D eigenvalue weighted by Crippen LogP contribution is 2.25. The summed E-state index contributed by atoms with van der Waals surface area (Å²) in [6.07, 6.45) is 0.327. The molecular weight excluding hydrogens is 346 g/mol. The summed E-state index contributed by atoms with van der Waals surface area (Å²) < 4.78 is 26.7. The SMILES string of the molecule is CCC(=O)Nc1nnc(SCC(=O)Nc2ccc(F)cc2F)s1. The molecule has 0 aliphatic carbocycles. The molecule has 2 N–H and O–H groups in total. The second kappa shape index (κ2) is 7.97. The molecule has 23 heavy (non-hydrogen) atoms. The topological polar surface area (TPSA) is 84.0 Å². The van der Waals surface area contributed by atoms with E-state index in [9.17, 15) is 18.4 Å². The van der Waals surface area contributed by atoms with Crippen molar-refractivity contribution >= 4 is 45.7 Å². The zero-order chi connectivity index (χ0) is 16.8. The van der Waals surface area contributed by atoms with Crippen molar-refractivity contribution in [2.24, 2.45) is 0 Å². The summed E-state index contributed by atoms with van der Waals surface area (Å²) in [5.41, 5.74) is -0.0924. The number of thioether (sulfide) groups is 1. The molecule has 10 heteroatoms. The molecule has 2 aromatic rings. The van der Waals surface area contributed by atoms with Gasteiger partial charge in [-0.25, -0.2) is 8.78 Å². The Morgan fingerprint density at radius 1 is 1.22 bits per heavy atom. The fourth-order valence-electron chi connectivity index (χ4n) is 1.43. The van der Waals surface area contributed by atoms with Gasteiger partial charge in [0.2, 0.25) is 16.9 Å². The van der Waals surface area contributed by atoms with E-state index >= 15 is 0 Å². The van der Waals surface area contributed by atoms with E-state index in [-0.39, 0.29) is 17.3 Å². The van der Waals surface area contributed by atoms with Crippen LogP contribution in [0.3, 0.4) is 0 Å². The van der Waals surface area contributed by atoms with Gasteiger partial charge in [0, 0.05) is 12.5 Å². The third-order valence-corrected chi connectivity index (χ3v) is 4.48. The van der Waals surface area contributed by atoms with Crippen LogP contribution < -0.4 is 10.6 Å². The normalized spacial score (nSPS) is 10.4. The van der Waals surface area contributed by atoms with Crippen LogP contribution in [0.15, 0.2) is 22.5 Å². The molecule has 0 spiro atoms. The minimum absolute atomic E-state index is 0.0207. The predicted octanol–water partition coefficient (Wildman–Crippen LogP) is 2.90. The average Bonchev–Trinajstić information content (AvgIpc) is 2.95. The highest BCUT2D eigenvalue weighted by molar-refractivity contribution is 8.01. The van der Waals surface area contributed by atoms with Gasteiger partial charge in [-0.1, -0.05) is 30.0 Å². The lowest BCUT2D eigenvalue weighted by Crippen LogP contribution is -2.15. The molecule has 2 amide bonds. The van der Waals surface area contributed by atoms with E-state index < -0.39 is 17.5 Å². The number of benzene rings is 1. The predicted molar refractivity (Wildman–Crippen MR) is 84.5 cm³/mol. The molecule has 1 heterocycles. The van der Waals surface area contributed by atoms with Crippen LogP contribution in [-0.4, -0.2) is 27.8 Å². The van der Waals surface area contributed by atoms with Gasteiger partial charge >= 0.3 is 0 Å². The van der Waals surface area contributed by atoms with Crippen molar-refractivity contribution in [1.82, 2.24) is 10.2 Å². The number of halogens is 2. The quantitative estimate of drug-likeness (QED) is 0.613. The molecule has 0 unspecified atom stereocenters. The summed E-state index contributed by atoms with van der Waals surface area (Å²) in [5.74, 6) is -2.22. The number of carbonyl (C=O) groups excluding carboxylic acids is 2. The Kier molecular flexibility index (Phi) is 5.99. The van der Waals surface area contributed by atoms with Crippen molar-refractivity contribution in [3.05, 3.63) is 29.8 Å². The zero-order valence-electron chi connectivity index (χ0n) is 11.9. The summed E-state index contributed by atoms with van der Waals surface area (Å²) in [4.78, 5) is 23.0. The Morgan fingerprint density at radius 2 is 2.00 bits per heavy atom. The maximum atomic E-state index is 13.4. The van der Waals surface area contributed by atoms with Crippen LogP contribution in [-0.2, 0) is 9.59 Å². The van der Waals surface area contributed by atoms with Gasteiger partial charge in [0.25, 0.3) is 0 Å². The van der Waals surface area contributed by atoms with Crippen LogP contribution in [0, 0.1) is 11.6 Å². The second-order valence-corrected chi connectivity index (χ2v) is 6.44. The number of nitrogens with one attached hydrogen (secondary N) is 2. The van der Waals surface area contributed by atoms with Gasteiger partial charge in [-0.05, 0) is 12.1 Å². The molecular formula is C13H12F2N4O2S2. The smallest absolute Gasteiger partial charge is 0.234 e. The van der Waals surface area contributed by atoms with Crippen molar-refractivity contribution in [3.63, 3.8) is 0 Å². The van der Waals surface area contributed by atoms with E-state index in [1.807, 2.05) is 0 Å². The van der Waals surface area contributed by atoms with E-state index in [0.29, 0.717) is 22.0 Å². The van der Waals surface area contributed by atoms with Crippen molar-refractivity contribution in [2.45, 2.75) is 17.7 Å². The van der Waals surface area contributed by atoms with Gasteiger partial charge < -0.3 is 10.6 Å². The molecule has 1 aromatic carbocycles. The van der Waals surface area contributed by atoms with Crippen LogP contribution >= 0.6 is 23.1 Å². The fourth-order valence-corrected chi connectivity index (χ4v) is 3.00. The molecule has 6 nitrogen and oxygen atoms in total. The van der Waals surface area contributed by atoms with Crippen molar-refractivity contribution in [3.8, 4) is 0 Å². The highest BCUT2D eigenvalue weighted by Gasteiger charge is 2.11. The molecule has 0 aliphatic rings. The van der Waals surface area contributed by atoms with E-state index in [1.165, 1.54) is 0 Å². The zero-order valence-corrected chi connectivity index (χ0v) is 13.6. The summed E-state index contributed by atoms with van der Waals surface area (Å²) in [6, 6.07) is 2.89. The standard InChI is InChI=1S/C13H12F2N4O2S2/c1-2-10(20)17-12-18-19-13(23-12)22-6-11(21)16-9-4-3-7(14)5-8(9)15/h3-5H,2,6H2,1H3,(H,16,21)(H,17,18,20). The second-order valence-electron chi connectivity index (χ2n) is 4.24. The van der Waals surface area contributed by atoms with E-state index in [4.69, 9.17) is 0 Å². The van der Waals surface area contributed by atoms with Crippen LogP contribution in [0.4, 0.5) is 19.6 Å². The van der Waals surface area contributed by atoms with Gasteiger partial charge in [-0.3, -0.25) is 9.59 Å². The van der Waals surface area contributed by atoms with Crippen LogP contribution in [0.25, 0.3) is 0 Å². The Labute approximate surface area is 138 Å². The summed E-state index contributed by atoms with van der Waals surface area (Å²) >= 11 is 2.23. The minimum atomic E-state index is -0.844. The number of rotatable bonds is 6. The molecule has 2 rings (SSSR count). The molecule has 0 atom stereocenters. The summed E-state index contributed by atoms with van der Waals surface area (Å²) in [5, 5.41) is 12.8. The van der Waals surface area contributed by atoms with E-state index in [1.54, 1.807) is 6.92 Å². The molecule has 0 saturated heterocycles.